The number of carbonyl (C=O) groups excluding carboxylic acids is 1. The van der Waals surface area contributed by atoms with Crippen molar-refractivity contribution in [3.05, 3.63) is 47.7 Å². The van der Waals surface area contributed by atoms with Crippen molar-refractivity contribution >= 4 is 28.4 Å². The fraction of sp³-hybridized carbons (Fsp3) is 0.375. The van der Waals surface area contributed by atoms with E-state index in [1.165, 1.54) is 6.26 Å². The Morgan fingerprint density at radius 3 is 2.76 bits per heavy atom. The van der Waals surface area contributed by atoms with E-state index in [1.807, 2.05) is 33.0 Å². The lowest BCUT2D eigenvalue weighted by Crippen LogP contribution is -2.36. The van der Waals surface area contributed by atoms with Gasteiger partial charge in [0, 0.05) is 49.6 Å². The quantitative estimate of drug-likeness (QED) is 0.465. The average Bonchev–Trinajstić information content (AvgIpc) is 3.44. The van der Waals surface area contributed by atoms with Gasteiger partial charge in [0.2, 0.25) is 5.89 Å². The van der Waals surface area contributed by atoms with Crippen LogP contribution in [0.15, 0.2) is 35.1 Å². The molecule has 5 rings (SSSR count). The zero-order valence-corrected chi connectivity index (χ0v) is 19.4. The molecule has 0 aromatic carbocycles. The number of piperidine rings is 1. The lowest BCUT2D eigenvalue weighted by Gasteiger charge is -2.33. The molecular weight excluding hydrogens is 434 g/mol. The van der Waals surface area contributed by atoms with Crippen LogP contribution in [-0.4, -0.2) is 55.4 Å². The highest BCUT2D eigenvalue weighted by Crippen LogP contribution is 2.32. The molecule has 176 valence electrons. The molecule has 0 spiro atoms. The van der Waals surface area contributed by atoms with E-state index in [-0.39, 0.29) is 18.2 Å². The van der Waals surface area contributed by atoms with E-state index in [0.29, 0.717) is 23.3 Å². The van der Waals surface area contributed by atoms with Gasteiger partial charge in [0.1, 0.15) is 6.26 Å². The average molecular weight is 462 g/mol. The number of pyridine rings is 2. The maximum Gasteiger partial charge on any atom is 0.277 e. The minimum absolute atomic E-state index is 0.178. The summed E-state index contributed by atoms with van der Waals surface area (Å²) in [5.41, 5.74) is 3.96. The van der Waals surface area contributed by atoms with E-state index in [1.54, 1.807) is 16.9 Å². The number of hydrogen-bond acceptors (Lipinski definition) is 8. The zero-order chi connectivity index (χ0) is 23.8. The molecule has 1 saturated heterocycles. The summed E-state index contributed by atoms with van der Waals surface area (Å²) >= 11 is 0. The molecule has 34 heavy (non-hydrogen) atoms. The van der Waals surface area contributed by atoms with Crippen molar-refractivity contribution in [2.75, 3.05) is 29.9 Å². The standard InChI is InChI=1S/C24H27N7O3/c1-14-10-17(4-7-25-14)24-27-20(13-34-24)23(33)26-19-11-18-15(2)29-30(3)21(18)28-22(19)31-8-5-16(12-32)6-9-31/h4,7,10-11,13,16,32H,5-6,8-9,12H2,1-3H3,(H,26,33). The van der Waals surface area contributed by atoms with E-state index < -0.39 is 0 Å². The first kappa shape index (κ1) is 22.0. The summed E-state index contributed by atoms with van der Waals surface area (Å²) in [7, 11) is 1.86. The van der Waals surface area contributed by atoms with Gasteiger partial charge in [0.05, 0.1) is 11.4 Å². The van der Waals surface area contributed by atoms with Crippen LogP contribution in [0.3, 0.4) is 0 Å². The molecule has 0 unspecified atom stereocenters. The normalized spacial score (nSPS) is 14.6. The van der Waals surface area contributed by atoms with Crippen LogP contribution in [0.4, 0.5) is 11.5 Å². The minimum atomic E-state index is -0.380. The fourth-order valence-corrected chi connectivity index (χ4v) is 4.37. The second-order valence-electron chi connectivity index (χ2n) is 8.73. The van der Waals surface area contributed by atoms with Gasteiger partial charge in [-0.25, -0.2) is 9.97 Å². The Hall–Kier alpha value is -3.79. The van der Waals surface area contributed by atoms with Crippen molar-refractivity contribution < 1.29 is 14.3 Å². The zero-order valence-electron chi connectivity index (χ0n) is 19.4. The smallest absolute Gasteiger partial charge is 0.277 e. The van der Waals surface area contributed by atoms with Gasteiger partial charge in [-0.1, -0.05) is 0 Å². The van der Waals surface area contributed by atoms with Gasteiger partial charge in [-0.3, -0.25) is 14.5 Å². The number of hydrogen-bond donors (Lipinski definition) is 2. The van der Waals surface area contributed by atoms with E-state index in [9.17, 15) is 9.90 Å². The molecule has 10 heteroatoms. The van der Waals surface area contributed by atoms with Crippen molar-refractivity contribution in [1.82, 2.24) is 24.7 Å². The van der Waals surface area contributed by atoms with Crippen molar-refractivity contribution in [2.45, 2.75) is 26.7 Å². The Morgan fingerprint density at radius 1 is 1.24 bits per heavy atom. The molecule has 1 aliphatic heterocycles. The monoisotopic (exact) mass is 461 g/mol. The van der Waals surface area contributed by atoms with Gasteiger partial charge in [-0.05, 0) is 50.8 Å². The number of rotatable bonds is 5. The summed E-state index contributed by atoms with van der Waals surface area (Å²) in [6.45, 7) is 5.49. The van der Waals surface area contributed by atoms with Gasteiger partial charge in [0.15, 0.2) is 17.2 Å². The topological polar surface area (TPSA) is 122 Å². The summed E-state index contributed by atoms with van der Waals surface area (Å²) in [6, 6.07) is 5.56. The fourth-order valence-electron chi connectivity index (χ4n) is 4.37. The lowest BCUT2D eigenvalue weighted by atomic mass is 9.98. The summed E-state index contributed by atoms with van der Waals surface area (Å²) in [5.74, 6) is 0.963. The summed E-state index contributed by atoms with van der Waals surface area (Å²) in [5, 5.41) is 17.9. The van der Waals surface area contributed by atoms with E-state index in [0.717, 1.165) is 53.9 Å². The lowest BCUT2D eigenvalue weighted by molar-refractivity contribution is 0.102. The third-order valence-corrected chi connectivity index (χ3v) is 6.28. The van der Waals surface area contributed by atoms with Gasteiger partial charge >= 0.3 is 0 Å². The van der Waals surface area contributed by atoms with Crippen molar-refractivity contribution in [2.24, 2.45) is 13.0 Å². The van der Waals surface area contributed by atoms with Crippen molar-refractivity contribution in [1.29, 1.82) is 0 Å². The van der Waals surface area contributed by atoms with Gasteiger partial charge in [-0.15, -0.1) is 0 Å². The summed E-state index contributed by atoms with van der Waals surface area (Å²) in [4.78, 5) is 28.7. The first-order valence-electron chi connectivity index (χ1n) is 11.3. The number of aliphatic hydroxyl groups excluding tert-OH is 1. The number of aliphatic hydroxyl groups is 1. The Morgan fingerprint density at radius 2 is 2.03 bits per heavy atom. The molecule has 2 N–H and O–H groups in total. The van der Waals surface area contributed by atoms with Crippen LogP contribution < -0.4 is 10.2 Å². The summed E-state index contributed by atoms with van der Waals surface area (Å²) < 4.78 is 7.32. The second kappa shape index (κ2) is 8.86. The Kier molecular flexibility index (Phi) is 5.74. The molecule has 5 heterocycles. The second-order valence-corrected chi connectivity index (χ2v) is 8.73. The Bertz CT molecular complexity index is 1350. The Labute approximate surface area is 196 Å². The van der Waals surface area contributed by atoms with Crippen molar-refractivity contribution in [3.63, 3.8) is 0 Å². The predicted octanol–water partition coefficient (Wildman–Crippen LogP) is 3.10. The van der Waals surface area contributed by atoms with Crippen LogP contribution in [0.2, 0.25) is 0 Å². The maximum atomic E-state index is 13.1. The largest absolute Gasteiger partial charge is 0.444 e. The maximum absolute atomic E-state index is 13.1. The molecule has 0 saturated carbocycles. The van der Waals surface area contributed by atoms with E-state index in [4.69, 9.17) is 9.40 Å². The highest BCUT2D eigenvalue weighted by molar-refractivity contribution is 6.05. The number of amides is 1. The third kappa shape index (κ3) is 4.12. The molecule has 0 radical (unpaired) electrons. The molecule has 4 aromatic rings. The highest BCUT2D eigenvalue weighted by Gasteiger charge is 2.25. The number of carbonyl (C=O) groups is 1. The first-order valence-corrected chi connectivity index (χ1v) is 11.3. The van der Waals surface area contributed by atoms with E-state index >= 15 is 0 Å². The number of aryl methyl sites for hydroxylation is 3. The molecule has 1 amide bonds. The molecule has 0 aliphatic carbocycles. The summed E-state index contributed by atoms with van der Waals surface area (Å²) in [6.07, 6.45) is 4.77. The third-order valence-electron chi connectivity index (χ3n) is 6.28. The molecule has 1 fully saturated rings. The Balaban J connectivity index is 1.46. The van der Waals surface area contributed by atoms with Crippen LogP contribution in [0, 0.1) is 19.8 Å². The van der Waals surface area contributed by atoms with Crippen LogP contribution >= 0.6 is 0 Å². The number of fused-ring (bicyclic) bond motifs is 1. The highest BCUT2D eigenvalue weighted by atomic mass is 16.3. The van der Waals surface area contributed by atoms with E-state index in [2.05, 4.69) is 25.3 Å². The minimum Gasteiger partial charge on any atom is -0.444 e. The number of nitrogens with one attached hydrogen (secondary N) is 1. The van der Waals surface area contributed by atoms with Crippen LogP contribution in [-0.2, 0) is 7.05 Å². The number of anilines is 2. The molecule has 4 aromatic heterocycles. The predicted molar refractivity (Wildman–Crippen MR) is 128 cm³/mol. The van der Waals surface area contributed by atoms with Crippen LogP contribution in [0.25, 0.3) is 22.5 Å². The number of oxazole rings is 1. The molecule has 0 atom stereocenters. The number of nitrogens with zero attached hydrogens (tertiary/aromatic N) is 6. The van der Waals surface area contributed by atoms with Crippen LogP contribution in [0.1, 0.15) is 34.7 Å². The molecule has 10 nitrogen and oxygen atoms in total. The van der Waals surface area contributed by atoms with Gasteiger partial charge < -0.3 is 19.7 Å². The molecule has 0 bridgehead atoms. The number of aromatic nitrogens is 5. The van der Waals surface area contributed by atoms with Gasteiger partial charge in [-0.2, -0.15) is 5.10 Å². The molecule has 1 aliphatic rings. The first-order chi connectivity index (χ1) is 16.4. The SMILES string of the molecule is Cc1cc(-c2nc(C(=O)Nc3cc4c(C)nn(C)c4nc3N3CCC(CO)CC3)co2)ccn1. The molecular formula is C24H27N7O3. The van der Waals surface area contributed by atoms with Gasteiger partial charge in [0.25, 0.3) is 5.91 Å². The van der Waals surface area contributed by atoms with Crippen LogP contribution in [0.5, 0.6) is 0 Å². The van der Waals surface area contributed by atoms with Crippen molar-refractivity contribution in [3.8, 4) is 11.5 Å².